The molecule has 0 bridgehead atoms. The van der Waals surface area contributed by atoms with Crippen molar-refractivity contribution >= 4 is 16.9 Å². The van der Waals surface area contributed by atoms with Crippen molar-refractivity contribution in [1.29, 1.82) is 0 Å². The first-order valence-corrected chi connectivity index (χ1v) is 8.71. The normalized spacial score (nSPS) is 20.8. The summed E-state index contributed by atoms with van der Waals surface area (Å²) in [5.74, 6) is 0.468. The number of aliphatic hydroxyl groups excluding tert-OH is 2. The zero-order valence-corrected chi connectivity index (χ0v) is 14.8. The van der Waals surface area contributed by atoms with Crippen LogP contribution in [0.1, 0.15) is 16.1 Å². The summed E-state index contributed by atoms with van der Waals surface area (Å²) in [5.41, 5.74) is 1.84. The average Bonchev–Trinajstić information content (AvgIpc) is 3.17. The number of furan rings is 1. The first-order valence-electron chi connectivity index (χ1n) is 8.71. The maximum absolute atomic E-state index is 12.8. The van der Waals surface area contributed by atoms with E-state index in [0.29, 0.717) is 31.0 Å². The smallest absolute Gasteiger partial charge is 0.289 e. The molecule has 0 spiro atoms. The van der Waals surface area contributed by atoms with E-state index in [2.05, 4.69) is 0 Å². The van der Waals surface area contributed by atoms with Gasteiger partial charge in [-0.2, -0.15) is 0 Å². The topological polar surface area (TPSA) is 77.2 Å². The van der Waals surface area contributed by atoms with Gasteiger partial charge in [-0.3, -0.25) is 4.79 Å². The Morgan fingerprint density at radius 1 is 1.28 bits per heavy atom. The second kappa shape index (κ2) is 7.56. The van der Waals surface area contributed by atoms with Crippen molar-refractivity contribution in [2.24, 2.45) is 11.8 Å². The van der Waals surface area contributed by atoms with E-state index >= 15 is 0 Å². The number of fused-ring (bicyclic) bond motifs is 1. The van der Waals surface area contributed by atoms with E-state index in [1.165, 1.54) is 0 Å². The minimum Gasteiger partial charge on any atom is -0.451 e. The molecule has 136 valence electrons. The van der Waals surface area contributed by atoms with Crippen LogP contribution in [0.5, 0.6) is 0 Å². The number of carbonyl (C=O) groups is 1. The summed E-state index contributed by atoms with van der Waals surface area (Å²) in [7, 11) is 1.94. The molecule has 2 aromatic rings. The van der Waals surface area contributed by atoms with Crippen molar-refractivity contribution < 1.29 is 19.4 Å². The van der Waals surface area contributed by atoms with E-state index in [0.717, 1.165) is 17.5 Å². The third kappa shape index (κ3) is 3.86. The van der Waals surface area contributed by atoms with Gasteiger partial charge in [0.25, 0.3) is 5.91 Å². The fourth-order valence-electron chi connectivity index (χ4n) is 3.60. The lowest BCUT2D eigenvalue weighted by molar-refractivity contribution is 0.0749. The number of amides is 1. The molecule has 2 N–H and O–H groups in total. The van der Waals surface area contributed by atoms with E-state index in [4.69, 9.17) is 9.52 Å². The molecule has 0 aliphatic carbocycles. The molecular formula is C19H26N2O4. The van der Waals surface area contributed by atoms with Gasteiger partial charge in [0.1, 0.15) is 5.58 Å². The summed E-state index contributed by atoms with van der Waals surface area (Å²) < 4.78 is 5.72. The summed E-state index contributed by atoms with van der Waals surface area (Å²) in [4.78, 5) is 16.6. The van der Waals surface area contributed by atoms with Crippen LogP contribution in [0.2, 0.25) is 0 Å². The Hall–Kier alpha value is -1.89. The Balaban J connectivity index is 1.73. The molecule has 1 fully saturated rings. The standard InChI is InChI=1S/C19H26N2O4/c1-13-3-4-17-14(7-13)8-18(25-17)19(24)21-10-15(16(11-21)12-23)9-20(2)5-6-22/h3-4,7-8,15-16,22-23H,5-6,9-12H2,1-2H3/t15-,16-/m1/s1. The Kier molecular flexibility index (Phi) is 5.42. The van der Waals surface area contributed by atoms with Crippen LogP contribution >= 0.6 is 0 Å². The molecule has 3 rings (SSSR count). The van der Waals surface area contributed by atoms with Crippen LogP contribution in [0, 0.1) is 18.8 Å². The molecule has 1 saturated heterocycles. The zero-order valence-electron chi connectivity index (χ0n) is 14.8. The quantitative estimate of drug-likeness (QED) is 0.826. The highest BCUT2D eigenvalue weighted by Crippen LogP contribution is 2.27. The Bertz CT molecular complexity index is 742. The number of aryl methyl sites for hydroxylation is 1. The van der Waals surface area contributed by atoms with Crippen LogP contribution in [0.3, 0.4) is 0 Å². The van der Waals surface area contributed by atoms with Crippen molar-refractivity contribution in [3.8, 4) is 0 Å². The summed E-state index contributed by atoms with van der Waals surface area (Å²) in [6.07, 6.45) is 0. The number of rotatable bonds is 6. The molecule has 0 saturated carbocycles. The highest BCUT2D eigenvalue weighted by atomic mass is 16.3. The molecule has 1 amide bonds. The van der Waals surface area contributed by atoms with Crippen LogP contribution in [0.25, 0.3) is 11.0 Å². The van der Waals surface area contributed by atoms with Crippen LogP contribution in [-0.2, 0) is 0 Å². The molecule has 6 heteroatoms. The van der Waals surface area contributed by atoms with E-state index in [-0.39, 0.29) is 31.0 Å². The minimum absolute atomic E-state index is 0.0525. The lowest BCUT2D eigenvalue weighted by Crippen LogP contribution is -2.33. The Morgan fingerprint density at radius 3 is 2.76 bits per heavy atom. The Morgan fingerprint density at radius 2 is 2.04 bits per heavy atom. The van der Waals surface area contributed by atoms with Gasteiger partial charge >= 0.3 is 0 Å². The van der Waals surface area contributed by atoms with Gasteiger partial charge in [0.15, 0.2) is 5.76 Å². The molecule has 6 nitrogen and oxygen atoms in total. The van der Waals surface area contributed by atoms with E-state index in [1.807, 2.05) is 37.1 Å². The van der Waals surface area contributed by atoms with E-state index in [1.54, 1.807) is 11.0 Å². The first-order chi connectivity index (χ1) is 12.0. The largest absolute Gasteiger partial charge is 0.451 e. The van der Waals surface area contributed by atoms with Crippen molar-refractivity contribution in [1.82, 2.24) is 9.80 Å². The summed E-state index contributed by atoms with van der Waals surface area (Å²) in [6, 6.07) is 7.64. The number of aliphatic hydroxyl groups is 2. The second-order valence-corrected chi connectivity index (χ2v) is 7.05. The van der Waals surface area contributed by atoms with Gasteiger partial charge in [-0.25, -0.2) is 0 Å². The van der Waals surface area contributed by atoms with Gasteiger partial charge in [-0.1, -0.05) is 11.6 Å². The van der Waals surface area contributed by atoms with Crippen LogP contribution < -0.4 is 0 Å². The van der Waals surface area contributed by atoms with E-state index < -0.39 is 0 Å². The lowest BCUT2D eigenvalue weighted by atomic mass is 9.96. The van der Waals surface area contributed by atoms with Crippen molar-refractivity contribution in [2.75, 3.05) is 46.4 Å². The third-order valence-electron chi connectivity index (χ3n) is 5.01. The summed E-state index contributed by atoms with van der Waals surface area (Å²) in [5, 5.41) is 19.6. The zero-order chi connectivity index (χ0) is 18.0. The van der Waals surface area contributed by atoms with Gasteiger partial charge in [0.2, 0.25) is 0 Å². The van der Waals surface area contributed by atoms with Crippen LogP contribution in [0.15, 0.2) is 28.7 Å². The van der Waals surface area contributed by atoms with Gasteiger partial charge in [-0.15, -0.1) is 0 Å². The van der Waals surface area contributed by atoms with Gasteiger partial charge < -0.3 is 24.4 Å². The predicted octanol–water partition coefficient (Wildman–Crippen LogP) is 1.35. The molecule has 25 heavy (non-hydrogen) atoms. The number of hydrogen-bond acceptors (Lipinski definition) is 5. The maximum Gasteiger partial charge on any atom is 0.289 e. The van der Waals surface area contributed by atoms with Gasteiger partial charge in [-0.05, 0) is 38.1 Å². The van der Waals surface area contributed by atoms with E-state index in [9.17, 15) is 9.90 Å². The Labute approximate surface area is 147 Å². The maximum atomic E-state index is 12.8. The number of benzene rings is 1. The van der Waals surface area contributed by atoms with Crippen LogP contribution in [-0.4, -0.2) is 72.4 Å². The molecule has 0 unspecified atom stereocenters. The molecule has 0 radical (unpaired) electrons. The number of likely N-dealkylation sites (N-methyl/N-ethyl adjacent to an activating group) is 1. The number of nitrogens with zero attached hydrogens (tertiary/aromatic N) is 2. The SMILES string of the molecule is Cc1ccc2oc(C(=O)N3C[C@@H](CN(C)CCO)[C@@H](CO)C3)cc2c1. The molecular weight excluding hydrogens is 320 g/mol. The van der Waals surface area contributed by atoms with Gasteiger partial charge in [0, 0.05) is 44.1 Å². The average molecular weight is 346 g/mol. The van der Waals surface area contributed by atoms with Crippen LogP contribution in [0.4, 0.5) is 0 Å². The monoisotopic (exact) mass is 346 g/mol. The molecule has 2 heterocycles. The summed E-state index contributed by atoms with van der Waals surface area (Å²) in [6.45, 7) is 4.63. The number of likely N-dealkylation sites (tertiary alicyclic amines) is 1. The number of carbonyl (C=O) groups excluding carboxylic acids is 1. The summed E-state index contributed by atoms with van der Waals surface area (Å²) >= 11 is 0. The minimum atomic E-state index is -0.125. The second-order valence-electron chi connectivity index (χ2n) is 7.05. The molecule has 2 atom stereocenters. The number of hydrogen-bond donors (Lipinski definition) is 2. The highest BCUT2D eigenvalue weighted by Gasteiger charge is 2.36. The van der Waals surface area contributed by atoms with Gasteiger partial charge in [0.05, 0.1) is 6.61 Å². The molecule has 1 aromatic heterocycles. The van der Waals surface area contributed by atoms with Crippen molar-refractivity contribution in [3.63, 3.8) is 0 Å². The highest BCUT2D eigenvalue weighted by molar-refractivity contribution is 5.96. The first kappa shape index (κ1) is 17.9. The molecule has 1 aromatic carbocycles. The van der Waals surface area contributed by atoms with Crippen molar-refractivity contribution in [3.05, 3.63) is 35.6 Å². The third-order valence-corrected chi connectivity index (χ3v) is 5.01. The lowest BCUT2D eigenvalue weighted by Gasteiger charge is -2.22. The molecule has 1 aliphatic heterocycles. The fourth-order valence-corrected chi connectivity index (χ4v) is 3.60. The van der Waals surface area contributed by atoms with Crippen molar-refractivity contribution in [2.45, 2.75) is 6.92 Å². The molecule has 1 aliphatic rings. The fraction of sp³-hybridized carbons (Fsp3) is 0.526. The predicted molar refractivity (Wildman–Crippen MR) is 95.5 cm³/mol.